The normalized spacial score (nSPS) is 22.4. The third kappa shape index (κ3) is 3.11. The van der Waals surface area contributed by atoms with E-state index in [1.807, 2.05) is 51.9 Å². The highest BCUT2D eigenvalue weighted by molar-refractivity contribution is 6.52. The molecule has 1 fully saturated rings. The summed E-state index contributed by atoms with van der Waals surface area (Å²) in [6.07, 6.45) is 1.29. The van der Waals surface area contributed by atoms with Crippen LogP contribution < -0.4 is 0 Å². The number of aliphatic hydroxyl groups excluding tert-OH is 1. The first-order valence-electron chi connectivity index (χ1n) is 6.90. The van der Waals surface area contributed by atoms with Crippen LogP contribution in [0.1, 0.15) is 52.1 Å². The van der Waals surface area contributed by atoms with Crippen LogP contribution in [0.4, 0.5) is 0 Å². The fourth-order valence-electron chi connectivity index (χ4n) is 1.94. The highest BCUT2D eigenvalue weighted by Gasteiger charge is 2.49. The quantitative estimate of drug-likeness (QED) is 0.862. The summed E-state index contributed by atoms with van der Waals surface area (Å²) in [7, 11) is -0.378. The molecule has 0 aromatic carbocycles. The van der Waals surface area contributed by atoms with Crippen molar-refractivity contribution >= 4 is 13.2 Å². The molecule has 0 amide bonds. The smallest absolute Gasteiger partial charge is 0.400 e. The van der Waals surface area contributed by atoms with Crippen molar-refractivity contribution in [2.75, 3.05) is 0 Å². The van der Waals surface area contributed by atoms with Crippen LogP contribution >= 0.6 is 0 Å². The maximum atomic E-state index is 9.53. The minimum atomic E-state index is -0.569. The van der Waals surface area contributed by atoms with E-state index < -0.39 is 6.10 Å². The van der Waals surface area contributed by atoms with Gasteiger partial charge in [-0.3, -0.25) is 4.98 Å². The molecule has 108 valence electrons. The standard InChI is InChI=1S/C15H22BNO3/c1-11(18)13-8-6-7-12(17-13)9-10-16-19-14(2,3)15(4,5)20-16/h6-11,18H,1-5H3/b10-9+. The van der Waals surface area contributed by atoms with Crippen LogP contribution in [0.2, 0.25) is 0 Å². The van der Waals surface area contributed by atoms with Gasteiger partial charge in [0.1, 0.15) is 0 Å². The van der Waals surface area contributed by atoms with E-state index in [0.717, 1.165) is 5.69 Å². The molecule has 1 aromatic heterocycles. The van der Waals surface area contributed by atoms with Gasteiger partial charge < -0.3 is 14.4 Å². The van der Waals surface area contributed by atoms with E-state index in [9.17, 15) is 5.11 Å². The summed E-state index contributed by atoms with van der Waals surface area (Å²) >= 11 is 0. The second-order valence-electron chi connectivity index (χ2n) is 6.15. The summed E-state index contributed by atoms with van der Waals surface area (Å²) in [5.74, 6) is 1.85. The summed E-state index contributed by atoms with van der Waals surface area (Å²) in [5, 5.41) is 9.53. The van der Waals surface area contributed by atoms with E-state index in [2.05, 4.69) is 4.98 Å². The van der Waals surface area contributed by atoms with Crippen molar-refractivity contribution < 1.29 is 14.4 Å². The molecule has 1 saturated heterocycles. The van der Waals surface area contributed by atoms with Crippen molar-refractivity contribution in [2.45, 2.75) is 51.9 Å². The van der Waals surface area contributed by atoms with Crippen molar-refractivity contribution in [3.8, 4) is 0 Å². The van der Waals surface area contributed by atoms with Gasteiger partial charge in [0, 0.05) is 0 Å². The van der Waals surface area contributed by atoms with E-state index in [-0.39, 0.29) is 18.3 Å². The van der Waals surface area contributed by atoms with Crippen LogP contribution in [0.15, 0.2) is 24.2 Å². The molecule has 2 heterocycles. The molecule has 2 rings (SSSR count). The van der Waals surface area contributed by atoms with E-state index in [0.29, 0.717) is 5.69 Å². The molecule has 1 aliphatic rings. The average Bonchev–Trinajstić information content (AvgIpc) is 2.56. The SMILES string of the molecule is CC(O)c1cccc(/C=C/B2OC(C)(C)C(C)(C)O2)n1. The van der Waals surface area contributed by atoms with Gasteiger partial charge in [-0.05, 0) is 52.8 Å². The Kier molecular flexibility index (Phi) is 4.05. The first kappa shape index (κ1) is 15.2. The molecular weight excluding hydrogens is 253 g/mol. The zero-order valence-corrected chi connectivity index (χ0v) is 12.8. The summed E-state index contributed by atoms with van der Waals surface area (Å²) in [5.41, 5.74) is 0.757. The van der Waals surface area contributed by atoms with E-state index in [1.54, 1.807) is 13.0 Å². The maximum absolute atomic E-state index is 9.53. The maximum Gasteiger partial charge on any atom is 0.487 e. The predicted molar refractivity (Wildman–Crippen MR) is 80.0 cm³/mol. The molecule has 4 nitrogen and oxygen atoms in total. The highest BCUT2D eigenvalue weighted by atomic mass is 16.7. The molecular formula is C15H22BNO3. The molecule has 1 aromatic rings. The van der Waals surface area contributed by atoms with Crippen LogP contribution in [0.5, 0.6) is 0 Å². The summed E-state index contributed by atoms with van der Waals surface area (Å²) < 4.78 is 11.8. The summed E-state index contributed by atoms with van der Waals surface area (Å²) in [6.45, 7) is 9.78. The molecule has 1 N–H and O–H groups in total. The van der Waals surface area contributed by atoms with Gasteiger partial charge in [0.25, 0.3) is 0 Å². The van der Waals surface area contributed by atoms with Crippen LogP contribution in [-0.4, -0.2) is 28.4 Å². The van der Waals surface area contributed by atoms with Gasteiger partial charge in [0.05, 0.1) is 28.7 Å². The third-order valence-corrected chi connectivity index (χ3v) is 3.92. The van der Waals surface area contributed by atoms with Gasteiger partial charge in [0.15, 0.2) is 0 Å². The average molecular weight is 275 g/mol. The number of aliphatic hydroxyl groups is 1. The van der Waals surface area contributed by atoms with Gasteiger partial charge >= 0.3 is 7.12 Å². The van der Waals surface area contributed by atoms with Crippen molar-refractivity contribution in [1.29, 1.82) is 0 Å². The number of aromatic nitrogens is 1. The molecule has 1 aliphatic heterocycles. The van der Waals surface area contributed by atoms with E-state index in [4.69, 9.17) is 9.31 Å². The lowest BCUT2D eigenvalue weighted by molar-refractivity contribution is 0.00578. The Morgan fingerprint density at radius 3 is 2.35 bits per heavy atom. The summed E-state index contributed by atoms with van der Waals surface area (Å²) in [4.78, 5) is 4.36. The van der Waals surface area contributed by atoms with Crippen molar-refractivity contribution in [1.82, 2.24) is 4.98 Å². The topological polar surface area (TPSA) is 51.6 Å². The molecule has 20 heavy (non-hydrogen) atoms. The fourth-order valence-corrected chi connectivity index (χ4v) is 1.94. The Hall–Kier alpha value is -1.17. The second-order valence-corrected chi connectivity index (χ2v) is 6.15. The van der Waals surface area contributed by atoms with Gasteiger partial charge in [-0.15, -0.1) is 0 Å². The first-order chi connectivity index (χ1) is 9.21. The molecule has 0 saturated carbocycles. The zero-order chi connectivity index (χ0) is 15.0. The van der Waals surface area contributed by atoms with E-state index >= 15 is 0 Å². The van der Waals surface area contributed by atoms with Crippen molar-refractivity contribution in [3.05, 3.63) is 35.6 Å². The first-order valence-corrected chi connectivity index (χ1v) is 6.90. The Morgan fingerprint density at radius 1 is 1.20 bits per heavy atom. The highest BCUT2D eigenvalue weighted by Crippen LogP contribution is 2.36. The molecule has 5 heteroatoms. The largest absolute Gasteiger partial charge is 0.487 e. The number of rotatable bonds is 3. The van der Waals surface area contributed by atoms with E-state index in [1.165, 1.54) is 0 Å². The lowest BCUT2D eigenvalue weighted by atomic mass is 9.89. The van der Waals surface area contributed by atoms with Crippen LogP contribution in [0.3, 0.4) is 0 Å². The minimum absolute atomic E-state index is 0.336. The van der Waals surface area contributed by atoms with Crippen molar-refractivity contribution in [3.63, 3.8) is 0 Å². The molecule has 1 unspecified atom stereocenters. The number of hydrogen-bond donors (Lipinski definition) is 1. The fraction of sp³-hybridized carbons (Fsp3) is 0.533. The Labute approximate surface area is 121 Å². The van der Waals surface area contributed by atoms with Crippen LogP contribution in [0.25, 0.3) is 6.08 Å². The van der Waals surface area contributed by atoms with Crippen LogP contribution in [-0.2, 0) is 9.31 Å². The van der Waals surface area contributed by atoms with Gasteiger partial charge in [-0.25, -0.2) is 0 Å². The van der Waals surface area contributed by atoms with Gasteiger partial charge in [-0.1, -0.05) is 12.0 Å². The lowest BCUT2D eigenvalue weighted by Crippen LogP contribution is -2.41. The lowest BCUT2D eigenvalue weighted by Gasteiger charge is -2.32. The molecule has 0 bridgehead atoms. The number of pyridine rings is 1. The zero-order valence-electron chi connectivity index (χ0n) is 12.8. The summed E-state index contributed by atoms with van der Waals surface area (Å²) in [6, 6.07) is 5.56. The van der Waals surface area contributed by atoms with Crippen molar-refractivity contribution in [2.24, 2.45) is 0 Å². The molecule has 0 aliphatic carbocycles. The number of nitrogens with zero attached hydrogens (tertiary/aromatic N) is 1. The van der Waals surface area contributed by atoms with Crippen LogP contribution in [0, 0.1) is 0 Å². The second kappa shape index (κ2) is 5.32. The van der Waals surface area contributed by atoms with Gasteiger partial charge in [-0.2, -0.15) is 0 Å². The number of hydrogen-bond acceptors (Lipinski definition) is 4. The third-order valence-electron chi connectivity index (χ3n) is 3.92. The molecule has 1 atom stereocenters. The molecule has 0 radical (unpaired) electrons. The Morgan fingerprint density at radius 2 is 1.80 bits per heavy atom. The van der Waals surface area contributed by atoms with Gasteiger partial charge in [0.2, 0.25) is 0 Å². The molecule has 0 spiro atoms. The Bertz CT molecular complexity index is 496. The Balaban J connectivity index is 2.10. The predicted octanol–water partition coefficient (Wildman–Crippen LogP) is 2.78. The minimum Gasteiger partial charge on any atom is -0.400 e. The monoisotopic (exact) mass is 275 g/mol.